The van der Waals surface area contributed by atoms with E-state index in [4.69, 9.17) is 5.11 Å². The maximum atomic E-state index is 12.4. The van der Waals surface area contributed by atoms with E-state index in [1.165, 1.54) is 11.8 Å². The van der Waals surface area contributed by atoms with Crippen LogP contribution in [0.5, 0.6) is 0 Å². The molecule has 6 heteroatoms. The molecule has 2 N–H and O–H groups in total. The lowest BCUT2D eigenvalue weighted by Gasteiger charge is -2.19. The van der Waals surface area contributed by atoms with Crippen LogP contribution >= 0.6 is 0 Å². The number of aromatic amines is 1. The predicted octanol–water partition coefficient (Wildman–Crippen LogP) is 1.77. The van der Waals surface area contributed by atoms with Crippen molar-refractivity contribution in [2.24, 2.45) is 0 Å². The number of hydrogen-bond acceptors (Lipinski definition) is 3. The van der Waals surface area contributed by atoms with Crippen LogP contribution in [0.4, 0.5) is 0 Å². The van der Waals surface area contributed by atoms with Crippen molar-refractivity contribution in [2.75, 3.05) is 13.1 Å². The molecule has 0 aliphatic carbocycles. The lowest BCUT2D eigenvalue weighted by molar-refractivity contribution is -0.137. The third-order valence-corrected chi connectivity index (χ3v) is 3.27. The van der Waals surface area contributed by atoms with E-state index in [1.807, 2.05) is 0 Å². The molecule has 0 radical (unpaired) electrons. The van der Waals surface area contributed by atoms with Gasteiger partial charge in [0.1, 0.15) is 5.69 Å². The Bertz CT molecular complexity index is 546. The molecule has 0 aromatic carbocycles. The molecule has 0 bridgehead atoms. The van der Waals surface area contributed by atoms with Crippen LogP contribution in [0.15, 0.2) is 0 Å². The van der Waals surface area contributed by atoms with E-state index in [-0.39, 0.29) is 24.7 Å². The number of carboxylic acid groups (broad SMARTS) is 1. The smallest absolute Gasteiger partial charge is 0.305 e. The summed E-state index contributed by atoms with van der Waals surface area (Å²) in [6.07, 6.45) is -0.0993. The highest BCUT2D eigenvalue weighted by molar-refractivity contribution is 6.02. The largest absolute Gasteiger partial charge is 0.481 e. The van der Waals surface area contributed by atoms with Gasteiger partial charge in [0.2, 0.25) is 0 Å². The van der Waals surface area contributed by atoms with Gasteiger partial charge in [-0.25, -0.2) is 0 Å². The number of nitrogens with zero attached hydrogens (tertiary/aromatic N) is 1. The summed E-state index contributed by atoms with van der Waals surface area (Å²) < 4.78 is 0. The van der Waals surface area contributed by atoms with E-state index in [0.717, 1.165) is 0 Å². The van der Waals surface area contributed by atoms with Crippen molar-refractivity contribution < 1.29 is 19.5 Å². The maximum absolute atomic E-state index is 12.4. The summed E-state index contributed by atoms with van der Waals surface area (Å²) in [6, 6.07) is 0. The highest BCUT2D eigenvalue weighted by atomic mass is 16.4. The van der Waals surface area contributed by atoms with Gasteiger partial charge in [-0.1, -0.05) is 0 Å². The Morgan fingerprint density at radius 2 is 1.85 bits per heavy atom. The average Bonchev–Trinajstić information content (AvgIpc) is 2.64. The fourth-order valence-electron chi connectivity index (χ4n) is 2.28. The summed E-state index contributed by atoms with van der Waals surface area (Å²) in [5.74, 6) is -1.31. The van der Waals surface area contributed by atoms with Gasteiger partial charge in [-0.2, -0.15) is 0 Å². The van der Waals surface area contributed by atoms with Crippen LogP contribution in [0.3, 0.4) is 0 Å². The minimum absolute atomic E-state index is 0.0936. The van der Waals surface area contributed by atoms with Crippen LogP contribution in [-0.2, 0) is 4.79 Å². The molecule has 0 unspecified atom stereocenters. The molecule has 0 aliphatic heterocycles. The molecule has 1 amide bonds. The Balaban J connectivity index is 3.04. The van der Waals surface area contributed by atoms with Crippen molar-refractivity contribution >= 4 is 17.7 Å². The first-order valence-electron chi connectivity index (χ1n) is 6.50. The molecule has 1 rings (SSSR count). The summed E-state index contributed by atoms with van der Waals surface area (Å²) in [5.41, 5.74) is 2.17. The molecular formula is C14H20N2O4. The van der Waals surface area contributed by atoms with Crippen LogP contribution in [0.1, 0.15) is 52.4 Å². The minimum Gasteiger partial charge on any atom is -0.481 e. The molecule has 1 aromatic heterocycles. The molecule has 1 aromatic rings. The fraction of sp³-hybridized carbons (Fsp3) is 0.500. The van der Waals surface area contributed by atoms with Gasteiger partial charge in [0, 0.05) is 24.3 Å². The third kappa shape index (κ3) is 3.26. The molecule has 0 fully saturated rings. The second-order valence-electron chi connectivity index (χ2n) is 4.71. The summed E-state index contributed by atoms with van der Waals surface area (Å²) in [4.78, 5) is 38.9. The molecular weight excluding hydrogens is 260 g/mol. The van der Waals surface area contributed by atoms with Crippen molar-refractivity contribution in [3.8, 4) is 0 Å². The van der Waals surface area contributed by atoms with Gasteiger partial charge < -0.3 is 15.0 Å². The van der Waals surface area contributed by atoms with Crippen LogP contribution in [0, 0.1) is 13.8 Å². The predicted molar refractivity (Wildman–Crippen MR) is 74.1 cm³/mol. The zero-order valence-electron chi connectivity index (χ0n) is 12.2. The molecule has 0 spiro atoms. The van der Waals surface area contributed by atoms with Gasteiger partial charge in [-0.05, 0) is 33.3 Å². The molecule has 20 heavy (non-hydrogen) atoms. The zero-order chi connectivity index (χ0) is 15.4. The van der Waals surface area contributed by atoms with E-state index < -0.39 is 5.97 Å². The second kappa shape index (κ2) is 6.36. The maximum Gasteiger partial charge on any atom is 0.305 e. The monoisotopic (exact) mass is 280 g/mol. The molecule has 6 nitrogen and oxygen atoms in total. The number of carbonyl (C=O) groups is 3. The van der Waals surface area contributed by atoms with Gasteiger partial charge in [-0.15, -0.1) is 0 Å². The van der Waals surface area contributed by atoms with Gasteiger partial charge in [0.15, 0.2) is 5.78 Å². The number of aliphatic carboxylic acids is 1. The van der Waals surface area contributed by atoms with Gasteiger partial charge in [0.05, 0.1) is 6.42 Å². The van der Waals surface area contributed by atoms with Crippen molar-refractivity contribution in [1.82, 2.24) is 9.88 Å². The first kappa shape index (κ1) is 15.9. The van der Waals surface area contributed by atoms with E-state index in [0.29, 0.717) is 29.1 Å². The summed E-state index contributed by atoms with van der Waals surface area (Å²) >= 11 is 0. The lowest BCUT2D eigenvalue weighted by Crippen LogP contribution is -2.33. The summed E-state index contributed by atoms with van der Waals surface area (Å²) in [7, 11) is 0. The van der Waals surface area contributed by atoms with Gasteiger partial charge in [0.25, 0.3) is 5.91 Å². The number of H-pyrrole nitrogens is 1. The van der Waals surface area contributed by atoms with E-state index in [9.17, 15) is 14.4 Å². The van der Waals surface area contributed by atoms with E-state index in [2.05, 4.69) is 4.98 Å². The van der Waals surface area contributed by atoms with E-state index >= 15 is 0 Å². The molecule has 0 aliphatic rings. The standard InChI is InChI=1S/C14H20N2O4/c1-5-16(7-6-11(18)19)14(20)13-8(2)12(10(4)17)9(3)15-13/h15H,5-7H2,1-4H3,(H,18,19). The number of ketones is 1. The number of carboxylic acids is 1. The highest BCUT2D eigenvalue weighted by Crippen LogP contribution is 2.20. The van der Waals surface area contributed by atoms with Gasteiger partial charge >= 0.3 is 5.97 Å². The van der Waals surface area contributed by atoms with Crippen molar-refractivity contribution in [3.63, 3.8) is 0 Å². The summed E-state index contributed by atoms with van der Waals surface area (Å²) in [6.45, 7) is 7.28. The Labute approximate surface area is 117 Å². The Morgan fingerprint density at radius 1 is 1.25 bits per heavy atom. The van der Waals surface area contributed by atoms with Crippen LogP contribution in [0.2, 0.25) is 0 Å². The van der Waals surface area contributed by atoms with Crippen molar-refractivity contribution in [1.29, 1.82) is 0 Å². The van der Waals surface area contributed by atoms with Crippen LogP contribution < -0.4 is 0 Å². The number of aryl methyl sites for hydroxylation is 1. The molecule has 0 atom stereocenters. The molecule has 0 saturated carbocycles. The number of aromatic nitrogens is 1. The van der Waals surface area contributed by atoms with Crippen molar-refractivity contribution in [2.45, 2.75) is 34.1 Å². The Kier molecular flexibility index (Phi) is 5.07. The highest BCUT2D eigenvalue weighted by Gasteiger charge is 2.23. The van der Waals surface area contributed by atoms with Crippen LogP contribution in [-0.4, -0.2) is 45.7 Å². The first-order valence-corrected chi connectivity index (χ1v) is 6.50. The lowest BCUT2D eigenvalue weighted by atomic mass is 10.1. The fourth-order valence-corrected chi connectivity index (χ4v) is 2.28. The molecule has 1 heterocycles. The Hall–Kier alpha value is -2.11. The van der Waals surface area contributed by atoms with Crippen molar-refractivity contribution in [3.05, 3.63) is 22.5 Å². The average molecular weight is 280 g/mol. The Morgan fingerprint density at radius 3 is 2.25 bits per heavy atom. The summed E-state index contributed by atoms with van der Waals surface area (Å²) in [5, 5.41) is 8.70. The normalized spacial score (nSPS) is 10.4. The number of Topliss-reactive ketones (excluding diaryl/α,β-unsaturated/α-hetero) is 1. The second-order valence-corrected chi connectivity index (χ2v) is 4.71. The third-order valence-electron chi connectivity index (χ3n) is 3.27. The number of amides is 1. The number of hydrogen-bond donors (Lipinski definition) is 2. The van der Waals surface area contributed by atoms with E-state index in [1.54, 1.807) is 20.8 Å². The number of carbonyl (C=O) groups excluding carboxylic acids is 2. The number of nitrogens with one attached hydrogen (secondary N) is 1. The molecule has 0 saturated heterocycles. The van der Waals surface area contributed by atoms with Crippen LogP contribution in [0.25, 0.3) is 0 Å². The topological polar surface area (TPSA) is 90.5 Å². The van der Waals surface area contributed by atoms with Gasteiger partial charge in [-0.3, -0.25) is 14.4 Å². The quantitative estimate of drug-likeness (QED) is 0.777. The first-order chi connectivity index (χ1) is 9.29. The minimum atomic E-state index is -0.944. The zero-order valence-corrected chi connectivity index (χ0v) is 12.2. The molecule has 110 valence electrons. The number of rotatable bonds is 6. The SMILES string of the molecule is CCN(CCC(=O)O)C(=O)c1[nH]c(C)c(C(C)=O)c1C.